The average Bonchev–Trinajstić information content (AvgIpc) is 2.59. The lowest BCUT2D eigenvalue weighted by molar-refractivity contribution is -0.399. The van der Waals surface area contributed by atoms with Crippen LogP contribution in [0.5, 0.6) is 0 Å². The standard InChI is InChI=1S/C18H10F9N/c1-9-6-7-13-12(8-9)10-4-2-3-5-11(10)14(28-13)15(19,20)16(21,22)17(23,24)18(25,26)27/h2-8H,1H3. The first-order chi connectivity index (χ1) is 12.7. The van der Waals surface area contributed by atoms with Gasteiger partial charge in [0.1, 0.15) is 5.69 Å². The maximum Gasteiger partial charge on any atom is 0.460 e. The Morgan fingerprint density at radius 1 is 0.679 bits per heavy atom. The molecule has 0 fully saturated rings. The Morgan fingerprint density at radius 3 is 1.82 bits per heavy atom. The minimum Gasteiger partial charge on any atom is -0.246 e. The number of hydrogen-bond donors (Lipinski definition) is 0. The molecule has 1 aromatic heterocycles. The number of pyridine rings is 1. The smallest absolute Gasteiger partial charge is 0.246 e. The van der Waals surface area contributed by atoms with Gasteiger partial charge in [-0.3, -0.25) is 0 Å². The summed E-state index contributed by atoms with van der Waals surface area (Å²) in [4.78, 5) is 3.35. The van der Waals surface area contributed by atoms with Crippen LogP contribution in [-0.2, 0) is 5.92 Å². The van der Waals surface area contributed by atoms with E-state index in [0.717, 1.165) is 12.1 Å². The van der Waals surface area contributed by atoms with Crippen LogP contribution >= 0.6 is 0 Å². The molecule has 0 unspecified atom stereocenters. The van der Waals surface area contributed by atoms with Gasteiger partial charge in [-0.1, -0.05) is 35.9 Å². The molecule has 0 aliphatic heterocycles. The van der Waals surface area contributed by atoms with E-state index >= 15 is 0 Å². The fourth-order valence-corrected chi connectivity index (χ4v) is 2.83. The fraction of sp³-hybridized carbons (Fsp3) is 0.278. The largest absolute Gasteiger partial charge is 0.460 e. The lowest BCUT2D eigenvalue weighted by atomic mass is 9.94. The average molecular weight is 411 g/mol. The van der Waals surface area contributed by atoms with Crippen LogP contribution in [0.15, 0.2) is 42.5 Å². The van der Waals surface area contributed by atoms with Crippen molar-refractivity contribution >= 4 is 21.7 Å². The first-order valence-electron chi connectivity index (χ1n) is 7.71. The van der Waals surface area contributed by atoms with Crippen molar-refractivity contribution in [3.8, 4) is 0 Å². The molecule has 0 radical (unpaired) electrons. The quantitative estimate of drug-likeness (QED) is 0.349. The van der Waals surface area contributed by atoms with Crippen molar-refractivity contribution < 1.29 is 39.5 Å². The molecule has 2 aromatic carbocycles. The van der Waals surface area contributed by atoms with Gasteiger partial charge < -0.3 is 0 Å². The monoisotopic (exact) mass is 411 g/mol. The molecule has 3 aromatic rings. The lowest BCUT2D eigenvalue weighted by Gasteiger charge is -2.33. The van der Waals surface area contributed by atoms with Gasteiger partial charge in [-0.25, -0.2) is 4.98 Å². The van der Waals surface area contributed by atoms with Gasteiger partial charge in [-0.05, 0) is 24.4 Å². The SMILES string of the molecule is Cc1ccc2nc(C(F)(F)C(F)(F)C(F)(F)C(F)(F)F)c3ccccc3c2c1. The molecule has 0 atom stereocenters. The number of aromatic nitrogens is 1. The van der Waals surface area contributed by atoms with E-state index in [1.807, 2.05) is 0 Å². The molecule has 1 nitrogen and oxygen atoms in total. The van der Waals surface area contributed by atoms with Crippen molar-refractivity contribution in [1.29, 1.82) is 0 Å². The summed E-state index contributed by atoms with van der Waals surface area (Å²) < 4.78 is 121. The van der Waals surface area contributed by atoms with E-state index in [9.17, 15) is 39.5 Å². The van der Waals surface area contributed by atoms with Gasteiger partial charge in [0, 0.05) is 10.8 Å². The predicted octanol–water partition coefficient (Wildman–Crippen LogP) is 6.62. The molecule has 28 heavy (non-hydrogen) atoms. The second kappa shape index (κ2) is 5.99. The molecule has 1 heterocycles. The lowest BCUT2D eigenvalue weighted by Crippen LogP contribution is -2.59. The van der Waals surface area contributed by atoms with Crippen LogP contribution in [0.3, 0.4) is 0 Å². The van der Waals surface area contributed by atoms with Gasteiger partial charge in [-0.2, -0.15) is 39.5 Å². The molecule has 0 bridgehead atoms. The summed E-state index contributed by atoms with van der Waals surface area (Å²) in [7, 11) is 0. The zero-order valence-electron chi connectivity index (χ0n) is 13.9. The molecular formula is C18H10F9N. The molecule has 0 saturated carbocycles. The van der Waals surface area contributed by atoms with Crippen molar-refractivity contribution in [3.63, 3.8) is 0 Å². The molecule has 0 saturated heterocycles. The minimum absolute atomic E-state index is 0.0306. The molecule has 10 heteroatoms. The highest BCUT2D eigenvalue weighted by molar-refractivity contribution is 6.07. The third-order valence-electron chi connectivity index (χ3n) is 4.30. The minimum atomic E-state index is -6.98. The number of aryl methyl sites for hydroxylation is 1. The predicted molar refractivity (Wildman–Crippen MR) is 83.8 cm³/mol. The zero-order valence-corrected chi connectivity index (χ0v) is 13.9. The summed E-state index contributed by atoms with van der Waals surface area (Å²) >= 11 is 0. The highest BCUT2D eigenvalue weighted by Crippen LogP contribution is 2.57. The van der Waals surface area contributed by atoms with Crippen molar-refractivity contribution in [3.05, 3.63) is 53.7 Å². The van der Waals surface area contributed by atoms with Gasteiger partial charge in [0.05, 0.1) is 5.52 Å². The second-order valence-corrected chi connectivity index (χ2v) is 6.25. The maximum absolute atomic E-state index is 14.5. The van der Waals surface area contributed by atoms with E-state index in [2.05, 4.69) is 4.98 Å². The molecule has 0 N–H and O–H groups in total. The summed E-state index contributed by atoms with van der Waals surface area (Å²) in [6, 6.07) is 8.83. The number of nitrogens with zero attached hydrogens (tertiary/aromatic N) is 1. The molecule has 0 aliphatic rings. The van der Waals surface area contributed by atoms with Crippen molar-refractivity contribution in [1.82, 2.24) is 4.98 Å². The Labute approximate surface area is 151 Å². The molecule has 0 amide bonds. The number of alkyl halides is 9. The molecule has 0 spiro atoms. The Morgan fingerprint density at radius 2 is 1.25 bits per heavy atom. The second-order valence-electron chi connectivity index (χ2n) is 6.25. The maximum atomic E-state index is 14.5. The molecule has 150 valence electrons. The summed E-state index contributed by atoms with van der Waals surface area (Å²) in [6.45, 7) is 1.66. The van der Waals surface area contributed by atoms with Gasteiger partial charge in [0.15, 0.2) is 0 Å². The number of rotatable bonds is 3. The van der Waals surface area contributed by atoms with Crippen LogP contribution < -0.4 is 0 Å². The Hall–Kier alpha value is -2.52. The normalized spacial score (nSPS) is 14.1. The summed E-state index contributed by atoms with van der Waals surface area (Å²) in [5, 5.41) is -0.415. The topological polar surface area (TPSA) is 12.9 Å². The first kappa shape index (κ1) is 20.2. The fourth-order valence-electron chi connectivity index (χ4n) is 2.83. The summed E-state index contributed by atoms with van der Waals surface area (Å²) in [5.74, 6) is -19.7. The number of halogens is 9. The van der Waals surface area contributed by atoms with Gasteiger partial charge in [0.2, 0.25) is 0 Å². The number of hydrogen-bond acceptors (Lipinski definition) is 1. The van der Waals surface area contributed by atoms with E-state index in [1.165, 1.54) is 30.3 Å². The third kappa shape index (κ3) is 2.68. The first-order valence-corrected chi connectivity index (χ1v) is 7.71. The van der Waals surface area contributed by atoms with Gasteiger partial charge in [-0.15, -0.1) is 0 Å². The molecule has 0 aliphatic carbocycles. The number of fused-ring (bicyclic) bond motifs is 3. The summed E-state index contributed by atoms with van der Waals surface area (Å²) in [5.41, 5.74) is -1.42. The van der Waals surface area contributed by atoms with Crippen LogP contribution in [0.1, 0.15) is 11.3 Å². The Bertz CT molecular complexity index is 1050. The van der Waals surface area contributed by atoms with Gasteiger partial charge >= 0.3 is 23.9 Å². The van der Waals surface area contributed by atoms with Crippen LogP contribution in [0, 0.1) is 6.92 Å². The Balaban J connectivity index is 2.37. The van der Waals surface area contributed by atoms with E-state index < -0.39 is 35.0 Å². The van der Waals surface area contributed by atoms with Crippen molar-refractivity contribution in [2.75, 3.05) is 0 Å². The van der Waals surface area contributed by atoms with Crippen LogP contribution in [0.25, 0.3) is 21.7 Å². The molecule has 3 rings (SSSR count). The van der Waals surface area contributed by atoms with Crippen LogP contribution in [0.2, 0.25) is 0 Å². The molecular weight excluding hydrogens is 401 g/mol. The van der Waals surface area contributed by atoms with Crippen molar-refractivity contribution in [2.24, 2.45) is 0 Å². The highest BCUT2D eigenvalue weighted by atomic mass is 19.4. The van der Waals surface area contributed by atoms with Crippen LogP contribution in [0.4, 0.5) is 39.5 Å². The summed E-state index contributed by atoms with van der Waals surface area (Å²) in [6.07, 6.45) is -6.89. The van der Waals surface area contributed by atoms with E-state index in [0.29, 0.717) is 5.56 Å². The van der Waals surface area contributed by atoms with Gasteiger partial charge in [0.25, 0.3) is 0 Å². The third-order valence-corrected chi connectivity index (χ3v) is 4.30. The van der Waals surface area contributed by atoms with Crippen molar-refractivity contribution in [2.45, 2.75) is 30.9 Å². The zero-order chi connectivity index (χ0) is 21.1. The number of benzene rings is 2. The van der Waals surface area contributed by atoms with E-state index in [-0.39, 0.29) is 16.3 Å². The van der Waals surface area contributed by atoms with E-state index in [1.54, 1.807) is 6.92 Å². The van der Waals surface area contributed by atoms with Crippen LogP contribution in [-0.4, -0.2) is 23.0 Å². The van der Waals surface area contributed by atoms with E-state index in [4.69, 9.17) is 0 Å². The highest BCUT2D eigenvalue weighted by Gasteiger charge is 2.82. The Kier molecular flexibility index (Phi) is 4.32.